The smallest absolute Gasteiger partial charge is 0.125 e. The second kappa shape index (κ2) is 14.9. The van der Waals surface area contributed by atoms with Gasteiger partial charge < -0.3 is 19.2 Å². The van der Waals surface area contributed by atoms with E-state index in [2.05, 4.69) is 50.0 Å². The highest BCUT2D eigenvalue weighted by molar-refractivity contribution is 5.85. The average Bonchev–Trinajstić information content (AvgIpc) is 2.68. The topological polar surface area (TPSA) is 43.3 Å². The molecule has 0 bridgehead atoms. The maximum atomic E-state index is 6.06. The molecule has 0 aliphatic rings. The van der Waals surface area contributed by atoms with E-state index in [1.165, 1.54) is 19.3 Å². The van der Waals surface area contributed by atoms with Crippen molar-refractivity contribution in [1.82, 2.24) is 4.90 Å². The van der Waals surface area contributed by atoms with Crippen LogP contribution in [0.25, 0.3) is 0 Å². The summed E-state index contributed by atoms with van der Waals surface area (Å²) in [5, 5.41) is 4.07. The Balaban J connectivity index is 2.25. The summed E-state index contributed by atoms with van der Waals surface area (Å²) >= 11 is 0. The number of benzene rings is 1. The molecule has 0 aliphatic heterocycles. The van der Waals surface area contributed by atoms with Gasteiger partial charge in [-0.1, -0.05) is 37.1 Å². The van der Waals surface area contributed by atoms with Crippen LogP contribution in [0.15, 0.2) is 29.4 Å². The highest BCUT2D eigenvalue weighted by Crippen LogP contribution is 2.28. The molecule has 0 spiro atoms. The van der Waals surface area contributed by atoms with E-state index in [1.807, 2.05) is 19.1 Å². The Morgan fingerprint density at radius 3 is 2.38 bits per heavy atom. The van der Waals surface area contributed by atoms with Gasteiger partial charge in [0.25, 0.3) is 0 Å². The molecule has 0 heterocycles. The Morgan fingerprint density at radius 1 is 1.07 bits per heavy atom. The Hall–Kier alpha value is -2.01. The minimum absolute atomic E-state index is 0.601. The third-order valence-electron chi connectivity index (χ3n) is 4.78. The lowest BCUT2D eigenvalue weighted by atomic mass is 10.1. The van der Waals surface area contributed by atoms with Crippen LogP contribution in [0.3, 0.4) is 0 Å². The Kier molecular flexibility index (Phi) is 12.9. The predicted octanol–water partition coefficient (Wildman–Crippen LogP) is 5.54. The van der Waals surface area contributed by atoms with Crippen LogP contribution >= 0.6 is 0 Å². The van der Waals surface area contributed by atoms with Gasteiger partial charge in [0.2, 0.25) is 0 Å². The van der Waals surface area contributed by atoms with Crippen molar-refractivity contribution in [3.05, 3.63) is 35.4 Å². The largest absolute Gasteiger partial charge is 0.493 e. The first-order valence-electron chi connectivity index (χ1n) is 10.8. The van der Waals surface area contributed by atoms with Crippen molar-refractivity contribution < 1.29 is 14.3 Å². The standard InChI is InChI=1S/C24H40N2O3/c1-7-9-15-28-23-17-20(3)24(21(4)18-23)29-16-13-11-10-12-14-26(5)19-22(8-2)25-27-6/h7,9,17-18H,8,10-16,19H2,1-6H3/b9-7+,25-22?. The quantitative estimate of drug-likeness (QED) is 0.167. The van der Waals surface area contributed by atoms with Crippen molar-refractivity contribution >= 4 is 5.71 Å². The van der Waals surface area contributed by atoms with Crippen LogP contribution in [0.2, 0.25) is 0 Å². The van der Waals surface area contributed by atoms with Gasteiger partial charge in [-0.05, 0) is 76.9 Å². The minimum Gasteiger partial charge on any atom is -0.493 e. The molecule has 0 saturated carbocycles. The number of hydrogen-bond donors (Lipinski definition) is 0. The molecule has 1 rings (SSSR count). The third kappa shape index (κ3) is 10.4. The van der Waals surface area contributed by atoms with E-state index >= 15 is 0 Å². The molecule has 1 aromatic rings. The molecule has 164 valence electrons. The molecule has 0 amide bonds. The summed E-state index contributed by atoms with van der Waals surface area (Å²) in [5.74, 6) is 1.89. The molecule has 5 heteroatoms. The third-order valence-corrected chi connectivity index (χ3v) is 4.78. The SMILES string of the molecule is C/C=C/COc1cc(C)c(OCCCCCCN(C)CC(CC)=NOC)c(C)c1. The molecule has 1 aromatic carbocycles. The summed E-state index contributed by atoms with van der Waals surface area (Å²) < 4.78 is 11.8. The van der Waals surface area contributed by atoms with Gasteiger partial charge >= 0.3 is 0 Å². The summed E-state index contributed by atoms with van der Waals surface area (Å²) in [6.07, 6.45) is 9.59. The summed E-state index contributed by atoms with van der Waals surface area (Å²) in [4.78, 5) is 7.20. The number of rotatable bonds is 15. The zero-order valence-corrected chi connectivity index (χ0v) is 19.3. The van der Waals surface area contributed by atoms with Gasteiger partial charge in [0.1, 0.15) is 25.2 Å². The molecule has 0 aromatic heterocycles. The number of allylic oxidation sites excluding steroid dienone is 1. The van der Waals surface area contributed by atoms with Crippen LogP contribution in [-0.2, 0) is 4.84 Å². The van der Waals surface area contributed by atoms with E-state index in [0.717, 1.165) is 60.9 Å². The highest BCUT2D eigenvalue weighted by Gasteiger charge is 2.07. The fraction of sp³-hybridized carbons (Fsp3) is 0.625. The zero-order chi connectivity index (χ0) is 21.5. The van der Waals surface area contributed by atoms with Gasteiger partial charge in [-0.2, -0.15) is 0 Å². The number of aryl methyl sites for hydroxylation is 2. The van der Waals surface area contributed by atoms with Crippen LogP contribution in [0.5, 0.6) is 11.5 Å². The molecule has 0 N–H and O–H groups in total. The minimum atomic E-state index is 0.601. The molecule has 0 aliphatic carbocycles. The summed E-state index contributed by atoms with van der Waals surface area (Å²) in [6.45, 7) is 11.6. The van der Waals surface area contributed by atoms with Crippen LogP contribution in [0.4, 0.5) is 0 Å². The van der Waals surface area contributed by atoms with Gasteiger partial charge in [0.05, 0.1) is 12.3 Å². The number of hydrogen-bond acceptors (Lipinski definition) is 5. The Morgan fingerprint density at radius 2 is 1.76 bits per heavy atom. The second-order valence-electron chi connectivity index (χ2n) is 7.46. The lowest BCUT2D eigenvalue weighted by Crippen LogP contribution is -2.26. The number of nitrogens with zero attached hydrogens (tertiary/aromatic N) is 2. The van der Waals surface area contributed by atoms with E-state index in [4.69, 9.17) is 14.3 Å². The first-order chi connectivity index (χ1) is 14.0. The molecular formula is C24H40N2O3. The Bertz CT molecular complexity index is 618. The molecule has 0 unspecified atom stereocenters. The monoisotopic (exact) mass is 404 g/mol. The van der Waals surface area contributed by atoms with Gasteiger partial charge in [-0.25, -0.2) is 0 Å². The van der Waals surface area contributed by atoms with Gasteiger partial charge in [-0.15, -0.1) is 0 Å². The Labute approximate surface area is 177 Å². The molecule has 5 nitrogen and oxygen atoms in total. The molecule has 0 radical (unpaired) electrons. The van der Waals surface area contributed by atoms with Crippen LogP contribution in [0, 0.1) is 13.8 Å². The normalized spacial score (nSPS) is 12.0. The molecule has 0 fully saturated rings. The fourth-order valence-electron chi connectivity index (χ4n) is 3.20. The lowest BCUT2D eigenvalue weighted by molar-refractivity contribution is 0.210. The summed E-state index contributed by atoms with van der Waals surface area (Å²) in [6, 6.07) is 4.11. The second-order valence-corrected chi connectivity index (χ2v) is 7.46. The summed E-state index contributed by atoms with van der Waals surface area (Å²) in [5.41, 5.74) is 3.35. The van der Waals surface area contributed by atoms with Crippen LogP contribution in [0.1, 0.15) is 57.1 Å². The van der Waals surface area contributed by atoms with Crippen molar-refractivity contribution in [2.75, 3.05) is 40.5 Å². The molecule has 0 atom stereocenters. The fourth-order valence-corrected chi connectivity index (χ4v) is 3.20. The number of oxime groups is 1. The van der Waals surface area contributed by atoms with Crippen molar-refractivity contribution in [1.29, 1.82) is 0 Å². The first-order valence-corrected chi connectivity index (χ1v) is 10.8. The van der Waals surface area contributed by atoms with Gasteiger partial charge in [0.15, 0.2) is 0 Å². The van der Waals surface area contributed by atoms with Crippen molar-refractivity contribution in [2.24, 2.45) is 5.16 Å². The van der Waals surface area contributed by atoms with E-state index in [0.29, 0.717) is 6.61 Å². The van der Waals surface area contributed by atoms with Gasteiger partial charge in [0, 0.05) is 6.54 Å². The first kappa shape index (κ1) is 25.0. The van der Waals surface area contributed by atoms with Crippen LogP contribution < -0.4 is 9.47 Å². The number of ether oxygens (including phenoxy) is 2. The molecule has 29 heavy (non-hydrogen) atoms. The predicted molar refractivity (Wildman–Crippen MR) is 122 cm³/mol. The van der Waals surface area contributed by atoms with E-state index in [9.17, 15) is 0 Å². The van der Waals surface area contributed by atoms with E-state index in [1.54, 1.807) is 7.11 Å². The van der Waals surface area contributed by atoms with Crippen LogP contribution in [-0.4, -0.2) is 51.1 Å². The van der Waals surface area contributed by atoms with Crippen molar-refractivity contribution in [3.63, 3.8) is 0 Å². The lowest BCUT2D eigenvalue weighted by Gasteiger charge is -2.17. The average molecular weight is 405 g/mol. The number of unbranched alkanes of at least 4 members (excludes halogenated alkanes) is 3. The maximum absolute atomic E-state index is 6.06. The maximum Gasteiger partial charge on any atom is 0.125 e. The van der Waals surface area contributed by atoms with Gasteiger partial charge in [-0.3, -0.25) is 0 Å². The van der Waals surface area contributed by atoms with E-state index in [-0.39, 0.29) is 0 Å². The van der Waals surface area contributed by atoms with E-state index < -0.39 is 0 Å². The van der Waals surface area contributed by atoms with Crippen molar-refractivity contribution in [2.45, 2.75) is 59.8 Å². The highest BCUT2D eigenvalue weighted by atomic mass is 16.6. The molecule has 0 saturated heterocycles. The zero-order valence-electron chi connectivity index (χ0n) is 19.3. The molecular weight excluding hydrogens is 364 g/mol. The van der Waals surface area contributed by atoms with Crippen molar-refractivity contribution in [3.8, 4) is 11.5 Å². The summed E-state index contributed by atoms with van der Waals surface area (Å²) in [7, 11) is 3.75.